The van der Waals surface area contributed by atoms with Crippen LogP contribution in [0.4, 0.5) is 0 Å². The molecule has 0 unspecified atom stereocenters. The van der Waals surface area contributed by atoms with E-state index in [4.69, 9.17) is 16.3 Å². The van der Waals surface area contributed by atoms with Crippen LogP contribution in [-0.4, -0.2) is 11.6 Å². The Labute approximate surface area is 119 Å². The average molecular weight is 278 g/mol. The first-order valence-corrected chi connectivity index (χ1v) is 7.38. The summed E-state index contributed by atoms with van der Waals surface area (Å²) < 4.78 is 5.91. The summed E-state index contributed by atoms with van der Waals surface area (Å²) in [6, 6.07) is 8.13. The molecule has 2 nitrogen and oxygen atoms in total. The van der Waals surface area contributed by atoms with E-state index >= 15 is 0 Å². The lowest BCUT2D eigenvalue weighted by atomic mass is 10.1. The highest BCUT2D eigenvalue weighted by Gasteiger charge is 2.10. The molecule has 0 amide bonds. The van der Waals surface area contributed by atoms with Crippen LogP contribution in [0.5, 0.6) is 5.88 Å². The first kappa shape index (κ1) is 14.1. The summed E-state index contributed by atoms with van der Waals surface area (Å²) in [6.45, 7) is 5.11. The van der Waals surface area contributed by atoms with Crippen molar-refractivity contribution in [3.05, 3.63) is 36.0 Å². The maximum atomic E-state index is 5.95. The zero-order chi connectivity index (χ0) is 13.7. The van der Waals surface area contributed by atoms with Gasteiger partial charge in [0.05, 0.1) is 6.61 Å². The predicted molar refractivity (Wildman–Crippen MR) is 80.9 cm³/mol. The summed E-state index contributed by atoms with van der Waals surface area (Å²) in [6.07, 6.45) is 4.08. The Kier molecular flexibility index (Phi) is 5.03. The number of fused-ring (bicyclic) bond motifs is 1. The molecule has 1 heterocycles. The van der Waals surface area contributed by atoms with Gasteiger partial charge in [-0.3, -0.25) is 0 Å². The van der Waals surface area contributed by atoms with E-state index in [-0.39, 0.29) is 0 Å². The van der Waals surface area contributed by atoms with E-state index in [2.05, 4.69) is 24.9 Å². The molecule has 2 aromatic rings. The van der Waals surface area contributed by atoms with E-state index in [1.54, 1.807) is 0 Å². The quantitative estimate of drug-likeness (QED) is 0.708. The monoisotopic (exact) mass is 277 g/mol. The highest BCUT2D eigenvalue weighted by atomic mass is 35.5. The van der Waals surface area contributed by atoms with Crippen LogP contribution in [0.25, 0.3) is 10.8 Å². The van der Waals surface area contributed by atoms with Crippen LogP contribution in [-0.2, 0) is 5.88 Å². The Bertz CT molecular complexity index is 537. The Morgan fingerprint density at radius 2 is 1.84 bits per heavy atom. The lowest BCUT2D eigenvalue weighted by molar-refractivity contribution is 0.235. The average Bonchev–Trinajstić information content (AvgIpc) is 2.48. The van der Waals surface area contributed by atoms with E-state index in [0.717, 1.165) is 41.7 Å². The minimum atomic E-state index is 0.473. The van der Waals surface area contributed by atoms with Gasteiger partial charge in [0.25, 0.3) is 0 Å². The fourth-order valence-corrected chi connectivity index (χ4v) is 2.38. The van der Waals surface area contributed by atoms with Crippen LogP contribution >= 0.6 is 11.6 Å². The molecule has 1 aromatic carbocycles. The molecule has 0 bridgehead atoms. The van der Waals surface area contributed by atoms with Gasteiger partial charge >= 0.3 is 0 Å². The number of aromatic nitrogens is 1. The van der Waals surface area contributed by atoms with Gasteiger partial charge < -0.3 is 4.74 Å². The van der Waals surface area contributed by atoms with Crippen molar-refractivity contribution in [2.45, 2.75) is 32.6 Å². The number of nitrogens with zero attached hydrogens (tertiary/aromatic N) is 1. The van der Waals surface area contributed by atoms with Crippen molar-refractivity contribution < 1.29 is 4.74 Å². The van der Waals surface area contributed by atoms with Crippen molar-refractivity contribution in [2.24, 2.45) is 5.92 Å². The Balaban J connectivity index is 2.29. The summed E-state index contributed by atoms with van der Waals surface area (Å²) in [7, 11) is 0. The molecule has 0 saturated carbocycles. The van der Waals surface area contributed by atoms with Crippen molar-refractivity contribution in [1.29, 1.82) is 0 Å². The zero-order valence-corrected chi connectivity index (χ0v) is 12.3. The van der Waals surface area contributed by atoms with E-state index in [9.17, 15) is 0 Å². The summed E-state index contributed by atoms with van der Waals surface area (Å²) in [5.41, 5.74) is 1.05. The number of pyridine rings is 1. The number of hydrogen-bond acceptors (Lipinski definition) is 2. The second-order valence-electron chi connectivity index (χ2n) is 4.76. The summed E-state index contributed by atoms with van der Waals surface area (Å²) in [5, 5.41) is 2.18. The Hall–Kier alpha value is -1.28. The van der Waals surface area contributed by atoms with Crippen LogP contribution in [0, 0.1) is 5.92 Å². The number of halogens is 1. The van der Waals surface area contributed by atoms with E-state index in [1.807, 2.05) is 24.4 Å². The number of alkyl halides is 1. The highest BCUT2D eigenvalue weighted by Crippen LogP contribution is 2.27. The van der Waals surface area contributed by atoms with Crippen molar-refractivity contribution in [3.8, 4) is 5.88 Å². The minimum Gasteiger partial charge on any atom is -0.477 e. The standard InChI is InChI=1S/C16H20ClNO/c1-3-12(4-2)11-19-16-15-8-6-5-7-14(15)13(9-17)10-18-16/h5-8,10,12H,3-4,9,11H2,1-2H3. The lowest BCUT2D eigenvalue weighted by Crippen LogP contribution is -2.11. The van der Waals surface area contributed by atoms with Gasteiger partial charge in [-0.15, -0.1) is 11.6 Å². The van der Waals surface area contributed by atoms with Gasteiger partial charge in [-0.25, -0.2) is 4.98 Å². The second-order valence-corrected chi connectivity index (χ2v) is 5.03. The van der Waals surface area contributed by atoms with Gasteiger partial charge in [-0.2, -0.15) is 0 Å². The topological polar surface area (TPSA) is 22.1 Å². The first-order valence-electron chi connectivity index (χ1n) is 6.85. The molecule has 0 saturated heterocycles. The molecule has 0 aliphatic heterocycles. The van der Waals surface area contributed by atoms with Crippen LogP contribution < -0.4 is 4.74 Å². The fraction of sp³-hybridized carbons (Fsp3) is 0.438. The largest absolute Gasteiger partial charge is 0.477 e. The molecule has 0 fully saturated rings. The third kappa shape index (κ3) is 3.19. The summed E-state index contributed by atoms with van der Waals surface area (Å²) in [4.78, 5) is 4.41. The van der Waals surface area contributed by atoms with Crippen molar-refractivity contribution in [2.75, 3.05) is 6.61 Å². The van der Waals surface area contributed by atoms with Gasteiger partial charge in [0.1, 0.15) is 0 Å². The Morgan fingerprint density at radius 1 is 1.16 bits per heavy atom. The molecule has 0 aliphatic carbocycles. The van der Waals surface area contributed by atoms with Gasteiger partial charge in [0, 0.05) is 17.5 Å². The third-order valence-corrected chi connectivity index (χ3v) is 3.88. The summed E-state index contributed by atoms with van der Waals surface area (Å²) in [5.74, 6) is 1.78. The highest BCUT2D eigenvalue weighted by molar-refractivity contribution is 6.18. The SMILES string of the molecule is CCC(CC)COc1ncc(CCl)c2ccccc12. The molecule has 1 aromatic heterocycles. The minimum absolute atomic E-state index is 0.473. The lowest BCUT2D eigenvalue weighted by Gasteiger charge is -2.15. The van der Waals surface area contributed by atoms with Crippen molar-refractivity contribution >= 4 is 22.4 Å². The van der Waals surface area contributed by atoms with Crippen molar-refractivity contribution in [3.63, 3.8) is 0 Å². The van der Waals surface area contributed by atoms with Crippen LogP contribution in [0.15, 0.2) is 30.5 Å². The van der Waals surface area contributed by atoms with Gasteiger partial charge in [-0.05, 0) is 22.9 Å². The molecule has 0 radical (unpaired) electrons. The molecule has 19 heavy (non-hydrogen) atoms. The molecule has 0 N–H and O–H groups in total. The maximum absolute atomic E-state index is 5.95. The van der Waals surface area contributed by atoms with E-state index in [0.29, 0.717) is 11.8 Å². The zero-order valence-electron chi connectivity index (χ0n) is 11.5. The molecule has 2 rings (SSSR count). The van der Waals surface area contributed by atoms with Crippen LogP contribution in [0.3, 0.4) is 0 Å². The fourth-order valence-electron chi connectivity index (χ4n) is 2.17. The van der Waals surface area contributed by atoms with Crippen LogP contribution in [0.2, 0.25) is 0 Å². The molecule has 3 heteroatoms. The smallest absolute Gasteiger partial charge is 0.221 e. The molecular weight excluding hydrogens is 258 g/mol. The molecule has 0 aliphatic rings. The number of benzene rings is 1. The second kappa shape index (κ2) is 6.76. The molecule has 0 spiro atoms. The molecular formula is C16H20ClNO. The van der Waals surface area contributed by atoms with Gasteiger partial charge in [0.15, 0.2) is 0 Å². The van der Waals surface area contributed by atoms with E-state index < -0.39 is 0 Å². The summed E-state index contributed by atoms with van der Waals surface area (Å²) >= 11 is 5.95. The number of hydrogen-bond donors (Lipinski definition) is 0. The van der Waals surface area contributed by atoms with Crippen LogP contribution in [0.1, 0.15) is 32.3 Å². The van der Waals surface area contributed by atoms with Crippen molar-refractivity contribution in [1.82, 2.24) is 4.98 Å². The normalized spacial score (nSPS) is 11.2. The number of ether oxygens (including phenoxy) is 1. The first-order chi connectivity index (χ1) is 9.30. The van der Waals surface area contributed by atoms with Gasteiger partial charge in [0.2, 0.25) is 5.88 Å². The maximum Gasteiger partial charge on any atom is 0.221 e. The number of rotatable bonds is 6. The molecule has 102 valence electrons. The third-order valence-electron chi connectivity index (χ3n) is 3.60. The molecule has 0 atom stereocenters. The van der Waals surface area contributed by atoms with Gasteiger partial charge in [-0.1, -0.05) is 44.9 Å². The predicted octanol–water partition coefficient (Wildman–Crippen LogP) is 4.79. The van der Waals surface area contributed by atoms with E-state index in [1.165, 1.54) is 0 Å². The Morgan fingerprint density at radius 3 is 2.47 bits per heavy atom.